The zero-order chi connectivity index (χ0) is 14.0. The van der Waals surface area contributed by atoms with Gasteiger partial charge in [0.2, 0.25) is 5.91 Å². The van der Waals surface area contributed by atoms with Gasteiger partial charge in [0, 0.05) is 18.1 Å². The lowest BCUT2D eigenvalue weighted by molar-refractivity contribution is -0.119. The van der Waals surface area contributed by atoms with E-state index in [-0.39, 0.29) is 11.9 Å². The van der Waals surface area contributed by atoms with E-state index in [1.54, 1.807) is 17.1 Å². The van der Waals surface area contributed by atoms with Gasteiger partial charge in [-0.1, -0.05) is 17.7 Å². The van der Waals surface area contributed by atoms with E-state index in [4.69, 9.17) is 0 Å². The molecule has 0 aliphatic heterocycles. The number of anilines is 1. The number of carbonyl (C=O) groups is 1. The molecule has 4 heteroatoms. The predicted octanol–water partition coefficient (Wildman–Crippen LogP) is 3.01. The van der Waals surface area contributed by atoms with Crippen LogP contribution in [0.5, 0.6) is 0 Å². The van der Waals surface area contributed by atoms with Gasteiger partial charge in [-0.25, -0.2) is 0 Å². The van der Waals surface area contributed by atoms with Crippen LogP contribution in [0.1, 0.15) is 29.7 Å². The summed E-state index contributed by atoms with van der Waals surface area (Å²) in [4.78, 5) is 12.2. The standard InChI is InChI=1S/C15H19N3O/c1-10-8-11(2)14(12(3)9-10)17-15(19)13(4)18-7-5-6-16-18/h5-9,13H,1-4H3,(H,17,19). The van der Waals surface area contributed by atoms with E-state index < -0.39 is 0 Å². The van der Waals surface area contributed by atoms with Crippen LogP contribution in [0.25, 0.3) is 0 Å². The molecule has 0 fully saturated rings. The van der Waals surface area contributed by atoms with Crippen molar-refractivity contribution in [2.45, 2.75) is 33.7 Å². The number of nitrogens with zero attached hydrogens (tertiary/aromatic N) is 2. The lowest BCUT2D eigenvalue weighted by Gasteiger charge is -2.16. The average molecular weight is 257 g/mol. The molecule has 0 aliphatic carbocycles. The molecular weight excluding hydrogens is 238 g/mol. The Kier molecular flexibility index (Phi) is 3.69. The summed E-state index contributed by atoms with van der Waals surface area (Å²) in [6.45, 7) is 7.90. The van der Waals surface area contributed by atoms with Crippen LogP contribution in [0.3, 0.4) is 0 Å². The molecule has 0 bridgehead atoms. The topological polar surface area (TPSA) is 46.9 Å². The molecule has 0 saturated carbocycles. The van der Waals surface area contributed by atoms with Crippen LogP contribution in [0.4, 0.5) is 5.69 Å². The summed E-state index contributed by atoms with van der Waals surface area (Å²) in [7, 11) is 0. The monoisotopic (exact) mass is 257 g/mol. The maximum atomic E-state index is 12.2. The number of benzene rings is 1. The second-order valence-electron chi connectivity index (χ2n) is 4.93. The fraction of sp³-hybridized carbons (Fsp3) is 0.333. The van der Waals surface area contributed by atoms with Crippen LogP contribution in [-0.2, 0) is 4.79 Å². The highest BCUT2D eigenvalue weighted by molar-refractivity contribution is 5.94. The molecule has 0 saturated heterocycles. The number of aromatic nitrogens is 2. The van der Waals surface area contributed by atoms with Crippen molar-refractivity contribution in [3.8, 4) is 0 Å². The number of amides is 1. The molecule has 1 heterocycles. The Morgan fingerprint density at radius 2 is 1.89 bits per heavy atom. The first-order valence-corrected chi connectivity index (χ1v) is 6.37. The summed E-state index contributed by atoms with van der Waals surface area (Å²) in [6.07, 6.45) is 3.46. The number of nitrogens with one attached hydrogen (secondary N) is 1. The first kappa shape index (κ1) is 13.3. The van der Waals surface area contributed by atoms with Gasteiger partial charge in [0.15, 0.2) is 0 Å². The molecule has 2 rings (SSSR count). The van der Waals surface area contributed by atoms with Crippen LogP contribution >= 0.6 is 0 Å². The maximum Gasteiger partial charge on any atom is 0.248 e. The van der Waals surface area contributed by atoms with Crippen molar-refractivity contribution in [3.05, 3.63) is 47.3 Å². The van der Waals surface area contributed by atoms with E-state index in [0.29, 0.717) is 0 Å². The van der Waals surface area contributed by atoms with Gasteiger partial charge in [-0.3, -0.25) is 9.48 Å². The average Bonchev–Trinajstić information content (AvgIpc) is 2.86. The number of carbonyl (C=O) groups excluding carboxylic acids is 1. The molecule has 0 aliphatic rings. The minimum Gasteiger partial charge on any atom is -0.324 e. The zero-order valence-electron chi connectivity index (χ0n) is 11.8. The molecule has 0 spiro atoms. The third kappa shape index (κ3) is 2.84. The minimum atomic E-state index is -0.324. The number of rotatable bonds is 3. The smallest absolute Gasteiger partial charge is 0.248 e. The van der Waals surface area contributed by atoms with Crippen LogP contribution in [0.2, 0.25) is 0 Å². The third-order valence-corrected chi connectivity index (χ3v) is 3.23. The number of hydrogen-bond acceptors (Lipinski definition) is 2. The lowest BCUT2D eigenvalue weighted by Crippen LogP contribution is -2.24. The number of hydrogen-bond donors (Lipinski definition) is 1. The van der Waals surface area contributed by atoms with Crippen molar-refractivity contribution in [2.75, 3.05) is 5.32 Å². The zero-order valence-corrected chi connectivity index (χ0v) is 11.8. The second-order valence-corrected chi connectivity index (χ2v) is 4.93. The Labute approximate surface area is 113 Å². The summed E-state index contributed by atoms with van der Waals surface area (Å²) in [5, 5.41) is 7.09. The van der Waals surface area contributed by atoms with Gasteiger partial charge in [0.1, 0.15) is 6.04 Å². The molecule has 4 nitrogen and oxygen atoms in total. The predicted molar refractivity (Wildman–Crippen MR) is 76.2 cm³/mol. The van der Waals surface area contributed by atoms with Crippen molar-refractivity contribution >= 4 is 11.6 Å². The normalized spacial score (nSPS) is 12.2. The summed E-state index contributed by atoms with van der Waals surface area (Å²) in [6, 6.07) is 5.63. The fourth-order valence-electron chi connectivity index (χ4n) is 2.23. The van der Waals surface area contributed by atoms with Crippen LogP contribution < -0.4 is 5.32 Å². The van der Waals surface area contributed by atoms with Crippen LogP contribution in [0, 0.1) is 20.8 Å². The summed E-state index contributed by atoms with van der Waals surface area (Å²) < 4.78 is 1.65. The Morgan fingerprint density at radius 3 is 2.42 bits per heavy atom. The highest BCUT2D eigenvalue weighted by atomic mass is 16.2. The van der Waals surface area contributed by atoms with Crippen molar-refractivity contribution in [1.29, 1.82) is 0 Å². The van der Waals surface area contributed by atoms with Crippen molar-refractivity contribution in [3.63, 3.8) is 0 Å². The minimum absolute atomic E-state index is 0.0567. The van der Waals surface area contributed by atoms with Crippen LogP contribution in [-0.4, -0.2) is 15.7 Å². The van der Waals surface area contributed by atoms with Gasteiger partial charge in [0.05, 0.1) is 0 Å². The van der Waals surface area contributed by atoms with E-state index in [9.17, 15) is 4.79 Å². The highest BCUT2D eigenvalue weighted by Crippen LogP contribution is 2.23. The quantitative estimate of drug-likeness (QED) is 0.918. The molecule has 1 aromatic carbocycles. The van der Waals surface area contributed by atoms with E-state index >= 15 is 0 Å². The molecule has 1 atom stereocenters. The molecule has 2 aromatic rings. The van der Waals surface area contributed by atoms with Crippen molar-refractivity contribution < 1.29 is 4.79 Å². The molecular formula is C15H19N3O. The largest absolute Gasteiger partial charge is 0.324 e. The van der Waals surface area contributed by atoms with E-state index in [0.717, 1.165) is 16.8 Å². The Morgan fingerprint density at radius 1 is 1.26 bits per heavy atom. The molecule has 100 valence electrons. The summed E-state index contributed by atoms with van der Waals surface area (Å²) in [5.41, 5.74) is 4.26. The van der Waals surface area contributed by atoms with Gasteiger partial charge in [-0.2, -0.15) is 5.10 Å². The van der Waals surface area contributed by atoms with Gasteiger partial charge in [-0.05, 0) is 44.9 Å². The Balaban J connectivity index is 2.20. The second kappa shape index (κ2) is 5.26. The Hall–Kier alpha value is -2.10. The first-order valence-electron chi connectivity index (χ1n) is 6.37. The molecule has 1 amide bonds. The fourth-order valence-corrected chi connectivity index (χ4v) is 2.23. The molecule has 1 N–H and O–H groups in total. The van der Waals surface area contributed by atoms with E-state index in [2.05, 4.69) is 29.5 Å². The molecule has 1 aromatic heterocycles. The lowest BCUT2D eigenvalue weighted by atomic mass is 10.0. The van der Waals surface area contributed by atoms with Gasteiger partial charge in [-0.15, -0.1) is 0 Å². The van der Waals surface area contributed by atoms with Gasteiger partial charge >= 0.3 is 0 Å². The molecule has 19 heavy (non-hydrogen) atoms. The van der Waals surface area contributed by atoms with Crippen LogP contribution in [0.15, 0.2) is 30.6 Å². The first-order chi connectivity index (χ1) is 8.99. The SMILES string of the molecule is Cc1cc(C)c(NC(=O)C(C)n2cccn2)c(C)c1. The maximum absolute atomic E-state index is 12.2. The third-order valence-electron chi connectivity index (χ3n) is 3.23. The molecule has 1 unspecified atom stereocenters. The van der Waals surface area contributed by atoms with Gasteiger partial charge < -0.3 is 5.32 Å². The van der Waals surface area contributed by atoms with E-state index in [1.165, 1.54) is 5.56 Å². The summed E-state index contributed by atoms with van der Waals surface area (Å²) >= 11 is 0. The Bertz CT molecular complexity index is 564. The highest BCUT2D eigenvalue weighted by Gasteiger charge is 2.16. The molecule has 0 radical (unpaired) electrons. The van der Waals surface area contributed by atoms with Gasteiger partial charge in [0.25, 0.3) is 0 Å². The number of aryl methyl sites for hydroxylation is 3. The van der Waals surface area contributed by atoms with E-state index in [1.807, 2.05) is 26.8 Å². The van der Waals surface area contributed by atoms with Crippen molar-refractivity contribution in [1.82, 2.24) is 9.78 Å². The summed E-state index contributed by atoms with van der Waals surface area (Å²) in [5.74, 6) is -0.0567. The van der Waals surface area contributed by atoms with Crippen molar-refractivity contribution in [2.24, 2.45) is 0 Å².